The fraction of sp³-hybridized carbons (Fsp3) is 0.273. The first-order valence-electron chi connectivity index (χ1n) is 13.0. The highest BCUT2D eigenvalue weighted by atomic mass is 28.3. The number of hydrogen-bond donors (Lipinski definition) is 1. The molecule has 183 valence electrons. The molecule has 0 aromatic heterocycles. The molecule has 0 aliphatic heterocycles. The van der Waals surface area contributed by atoms with Gasteiger partial charge in [0.1, 0.15) is 0 Å². The van der Waals surface area contributed by atoms with Crippen LogP contribution in [0.1, 0.15) is 55.5 Å². The standard InChI is InChI=1S/C33H36NOSi/c1-33(2,3)30-21-13-20-29-28(30)22-23-31(34-24-25-14-7-4-8-15-25)32(29)35-36(26-16-9-5-10-17-26)27-18-11-6-12-19-27/h4-21,31-32,34H,22-24H2,1-3H3. The average Bonchev–Trinajstić information content (AvgIpc) is 2.91. The highest BCUT2D eigenvalue weighted by molar-refractivity contribution is 6.80. The van der Waals surface area contributed by atoms with Gasteiger partial charge in [0.2, 0.25) is 0 Å². The van der Waals surface area contributed by atoms with Crippen LogP contribution in [0.5, 0.6) is 0 Å². The summed E-state index contributed by atoms with van der Waals surface area (Å²) in [4.78, 5) is 0. The molecule has 0 saturated heterocycles. The zero-order valence-corrected chi connectivity index (χ0v) is 22.6. The van der Waals surface area contributed by atoms with Crippen molar-refractivity contribution in [3.05, 3.63) is 131 Å². The summed E-state index contributed by atoms with van der Waals surface area (Å²) in [5.74, 6) is 0. The Bertz CT molecular complexity index is 1210. The number of nitrogens with one attached hydrogen (secondary N) is 1. The zero-order chi connectivity index (χ0) is 25.0. The molecule has 5 rings (SSSR count). The molecule has 0 bridgehead atoms. The minimum Gasteiger partial charge on any atom is -0.399 e. The van der Waals surface area contributed by atoms with Crippen molar-refractivity contribution in [2.45, 2.75) is 57.7 Å². The first-order valence-corrected chi connectivity index (χ1v) is 14.5. The Labute approximate surface area is 218 Å². The maximum absolute atomic E-state index is 7.30. The highest BCUT2D eigenvalue weighted by Gasteiger charge is 2.36. The first kappa shape index (κ1) is 24.7. The summed E-state index contributed by atoms with van der Waals surface area (Å²) in [6.07, 6.45) is 2.14. The molecule has 4 aromatic rings. The topological polar surface area (TPSA) is 21.3 Å². The van der Waals surface area contributed by atoms with Crippen LogP contribution in [0, 0.1) is 0 Å². The summed E-state index contributed by atoms with van der Waals surface area (Å²) >= 11 is 0. The third-order valence-corrected chi connectivity index (χ3v) is 9.33. The van der Waals surface area contributed by atoms with Crippen molar-refractivity contribution in [1.82, 2.24) is 5.32 Å². The molecule has 1 N–H and O–H groups in total. The molecule has 2 nitrogen and oxygen atoms in total. The molecular weight excluding hydrogens is 454 g/mol. The second-order valence-electron chi connectivity index (χ2n) is 10.7. The number of hydrogen-bond acceptors (Lipinski definition) is 2. The van der Waals surface area contributed by atoms with Crippen molar-refractivity contribution in [3.8, 4) is 0 Å². The van der Waals surface area contributed by atoms with E-state index < -0.39 is 9.04 Å². The molecule has 2 atom stereocenters. The molecule has 0 saturated carbocycles. The minimum atomic E-state index is -1.44. The van der Waals surface area contributed by atoms with Gasteiger partial charge in [0.15, 0.2) is 0 Å². The molecular formula is C33H36NOSi. The van der Waals surface area contributed by atoms with Crippen molar-refractivity contribution >= 4 is 19.4 Å². The molecule has 4 aromatic carbocycles. The van der Waals surface area contributed by atoms with Gasteiger partial charge in [-0.1, -0.05) is 130 Å². The summed E-state index contributed by atoms with van der Waals surface area (Å²) in [5.41, 5.74) is 5.70. The van der Waals surface area contributed by atoms with E-state index in [4.69, 9.17) is 4.43 Å². The van der Waals surface area contributed by atoms with E-state index in [0.29, 0.717) is 0 Å². The predicted octanol–water partition coefficient (Wildman–Crippen LogP) is 5.95. The lowest BCUT2D eigenvalue weighted by Crippen LogP contribution is -2.50. The molecule has 1 aliphatic carbocycles. The Morgan fingerprint density at radius 2 is 1.33 bits per heavy atom. The van der Waals surface area contributed by atoms with E-state index in [-0.39, 0.29) is 17.6 Å². The van der Waals surface area contributed by atoms with Gasteiger partial charge in [-0.05, 0) is 50.9 Å². The lowest BCUT2D eigenvalue weighted by Gasteiger charge is -2.39. The van der Waals surface area contributed by atoms with Crippen LogP contribution in [-0.4, -0.2) is 15.1 Å². The van der Waals surface area contributed by atoms with E-state index in [1.54, 1.807) is 0 Å². The lowest BCUT2D eigenvalue weighted by molar-refractivity contribution is 0.143. The summed E-state index contributed by atoms with van der Waals surface area (Å²) in [5, 5.41) is 6.46. The molecule has 2 unspecified atom stereocenters. The van der Waals surface area contributed by atoms with Crippen molar-refractivity contribution in [3.63, 3.8) is 0 Å². The van der Waals surface area contributed by atoms with Crippen molar-refractivity contribution in [2.75, 3.05) is 0 Å². The van der Waals surface area contributed by atoms with Gasteiger partial charge in [0.25, 0.3) is 9.04 Å². The van der Waals surface area contributed by atoms with Gasteiger partial charge < -0.3 is 9.74 Å². The van der Waals surface area contributed by atoms with Gasteiger partial charge in [0, 0.05) is 12.6 Å². The Morgan fingerprint density at radius 1 is 0.750 bits per heavy atom. The fourth-order valence-electron chi connectivity index (χ4n) is 5.33. The maximum atomic E-state index is 7.30. The summed E-state index contributed by atoms with van der Waals surface area (Å²) in [6.45, 7) is 7.81. The van der Waals surface area contributed by atoms with Crippen molar-refractivity contribution in [2.24, 2.45) is 0 Å². The Balaban J connectivity index is 1.54. The Hall–Kier alpha value is -2.98. The molecule has 1 radical (unpaired) electrons. The quantitative estimate of drug-likeness (QED) is 0.323. The SMILES string of the molecule is CC(C)(C)c1cccc2c1CCC(NCc1ccccc1)C2O[Si](c1ccccc1)c1ccccc1. The molecule has 0 amide bonds. The van der Waals surface area contributed by atoms with Crippen LogP contribution in [0.2, 0.25) is 0 Å². The predicted molar refractivity (Wildman–Crippen MR) is 152 cm³/mol. The Morgan fingerprint density at radius 3 is 1.92 bits per heavy atom. The minimum absolute atomic E-state index is 0.00550. The van der Waals surface area contributed by atoms with E-state index in [1.165, 1.54) is 32.6 Å². The molecule has 0 spiro atoms. The number of benzene rings is 4. The van der Waals surface area contributed by atoms with Crippen LogP contribution in [-0.2, 0) is 22.8 Å². The van der Waals surface area contributed by atoms with Crippen LogP contribution in [0.15, 0.2) is 109 Å². The maximum Gasteiger partial charge on any atom is 0.283 e. The van der Waals surface area contributed by atoms with Crippen LogP contribution in [0.4, 0.5) is 0 Å². The molecule has 1 aliphatic rings. The third kappa shape index (κ3) is 5.54. The van der Waals surface area contributed by atoms with Gasteiger partial charge in [0.05, 0.1) is 6.10 Å². The second kappa shape index (κ2) is 11.0. The van der Waals surface area contributed by atoms with Gasteiger partial charge in [-0.25, -0.2) is 0 Å². The monoisotopic (exact) mass is 490 g/mol. The van der Waals surface area contributed by atoms with E-state index in [9.17, 15) is 0 Å². The van der Waals surface area contributed by atoms with E-state index in [1.807, 2.05) is 0 Å². The average molecular weight is 491 g/mol. The summed E-state index contributed by atoms with van der Waals surface area (Å²) in [6, 6.07) is 39.4. The molecule has 3 heteroatoms. The van der Waals surface area contributed by atoms with E-state index in [2.05, 4.69) is 135 Å². The normalized spacial score (nSPS) is 17.7. The largest absolute Gasteiger partial charge is 0.399 e. The third-order valence-electron chi connectivity index (χ3n) is 7.13. The van der Waals surface area contributed by atoms with E-state index >= 15 is 0 Å². The number of fused-ring (bicyclic) bond motifs is 1. The van der Waals surface area contributed by atoms with Crippen LogP contribution in [0.3, 0.4) is 0 Å². The van der Waals surface area contributed by atoms with Crippen molar-refractivity contribution < 1.29 is 4.43 Å². The fourth-order valence-corrected chi connectivity index (χ4v) is 7.47. The first-order chi connectivity index (χ1) is 17.5. The molecule has 36 heavy (non-hydrogen) atoms. The van der Waals surface area contributed by atoms with Crippen molar-refractivity contribution in [1.29, 1.82) is 0 Å². The summed E-state index contributed by atoms with van der Waals surface area (Å²) in [7, 11) is -1.44. The van der Waals surface area contributed by atoms with Crippen LogP contribution < -0.4 is 15.7 Å². The van der Waals surface area contributed by atoms with Gasteiger partial charge >= 0.3 is 0 Å². The Kier molecular flexibility index (Phi) is 7.52. The second-order valence-corrected chi connectivity index (χ2v) is 12.8. The van der Waals surface area contributed by atoms with Crippen LogP contribution >= 0.6 is 0 Å². The zero-order valence-electron chi connectivity index (χ0n) is 21.6. The van der Waals surface area contributed by atoms with Gasteiger partial charge in [-0.15, -0.1) is 0 Å². The van der Waals surface area contributed by atoms with Gasteiger partial charge in [-0.2, -0.15) is 0 Å². The lowest BCUT2D eigenvalue weighted by atomic mass is 9.76. The number of rotatable bonds is 7. The molecule has 0 fully saturated rings. The highest BCUT2D eigenvalue weighted by Crippen LogP contribution is 2.39. The van der Waals surface area contributed by atoms with E-state index in [0.717, 1.165) is 19.4 Å². The van der Waals surface area contributed by atoms with Crippen LogP contribution in [0.25, 0.3) is 0 Å². The summed E-state index contributed by atoms with van der Waals surface area (Å²) < 4.78 is 7.30. The molecule has 0 heterocycles. The van der Waals surface area contributed by atoms with Gasteiger partial charge in [-0.3, -0.25) is 0 Å². The smallest absolute Gasteiger partial charge is 0.283 e.